The zero-order valence-electron chi connectivity index (χ0n) is 12.3. The predicted molar refractivity (Wildman–Crippen MR) is 78.2 cm³/mol. The molecule has 0 saturated carbocycles. The van der Waals surface area contributed by atoms with Gasteiger partial charge in [0.1, 0.15) is 5.75 Å². The van der Waals surface area contributed by atoms with Gasteiger partial charge in [0.05, 0.1) is 18.4 Å². The van der Waals surface area contributed by atoms with Crippen molar-refractivity contribution in [2.45, 2.75) is 20.0 Å². The number of rotatable bonds is 4. The summed E-state index contributed by atoms with van der Waals surface area (Å²) in [5.41, 5.74) is 0.563. The third-order valence-electron chi connectivity index (χ3n) is 3.14. The molecule has 0 spiro atoms. The van der Waals surface area contributed by atoms with Gasteiger partial charge in [-0.3, -0.25) is 9.59 Å². The number of carbonyl (C=O) groups excluding carboxylic acids is 2. The van der Waals surface area contributed by atoms with E-state index in [2.05, 4.69) is 5.32 Å². The predicted octanol–water partition coefficient (Wildman–Crippen LogP) is 1.27. The van der Waals surface area contributed by atoms with Crippen molar-refractivity contribution in [1.29, 1.82) is 0 Å². The summed E-state index contributed by atoms with van der Waals surface area (Å²) in [6.07, 6.45) is 0.0503. The quantitative estimate of drug-likeness (QED) is 0.907. The zero-order chi connectivity index (χ0) is 15.2. The highest BCUT2D eigenvalue weighted by Crippen LogP contribution is 2.23. The Morgan fingerprint density at radius 2 is 2.19 bits per heavy atom. The van der Waals surface area contributed by atoms with E-state index in [1.54, 1.807) is 29.2 Å². The highest BCUT2D eigenvalue weighted by molar-refractivity contribution is 5.90. The number of carbonyl (C=O) groups is 2. The van der Waals surface area contributed by atoms with Crippen LogP contribution in [0.2, 0.25) is 0 Å². The van der Waals surface area contributed by atoms with Gasteiger partial charge in [-0.25, -0.2) is 0 Å². The monoisotopic (exact) mass is 292 g/mol. The normalized spacial score (nSPS) is 18.2. The highest BCUT2D eigenvalue weighted by Gasteiger charge is 2.21. The van der Waals surface area contributed by atoms with Crippen LogP contribution in [0.5, 0.6) is 5.75 Å². The minimum absolute atomic E-state index is 0.0503. The molecule has 2 amide bonds. The lowest BCUT2D eigenvalue weighted by Crippen LogP contribution is -2.46. The summed E-state index contributed by atoms with van der Waals surface area (Å²) >= 11 is 0. The number of ether oxygens (including phenoxy) is 2. The lowest BCUT2D eigenvalue weighted by atomic mass is 10.3. The molecule has 0 aliphatic carbocycles. The first-order valence-electron chi connectivity index (χ1n) is 6.95. The molecule has 1 heterocycles. The molecule has 6 nitrogen and oxygen atoms in total. The smallest absolute Gasteiger partial charge is 0.260 e. The molecule has 0 radical (unpaired) electrons. The van der Waals surface area contributed by atoms with Crippen molar-refractivity contribution in [3.8, 4) is 5.75 Å². The second-order valence-corrected chi connectivity index (χ2v) is 4.99. The average Bonchev–Trinajstić information content (AvgIpc) is 2.45. The van der Waals surface area contributed by atoms with Crippen LogP contribution in [-0.4, -0.2) is 49.1 Å². The molecule has 1 aromatic carbocycles. The first kappa shape index (κ1) is 15.3. The Balaban J connectivity index is 1.93. The first-order chi connectivity index (χ1) is 10.1. The van der Waals surface area contributed by atoms with Crippen molar-refractivity contribution in [2.75, 3.05) is 31.6 Å². The topological polar surface area (TPSA) is 67.9 Å². The molecule has 1 aliphatic rings. The Hall–Kier alpha value is -2.08. The largest absolute Gasteiger partial charge is 0.482 e. The molecule has 0 aromatic heterocycles. The van der Waals surface area contributed by atoms with Crippen LogP contribution in [0.4, 0.5) is 5.69 Å². The van der Waals surface area contributed by atoms with Gasteiger partial charge in [0, 0.05) is 20.0 Å². The van der Waals surface area contributed by atoms with Crippen LogP contribution in [0.25, 0.3) is 0 Å². The number of morpholine rings is 1. The van der Waals surface area contributed by atoms with Crippen LogP contribution in [0.1, 0.15) is 13.8 Å². The van der Waals surface area contributed by atoms with E-state index in [1.165, 1.54) is 6.92 Å². The van der Waals surface area contributed by atoms with Gasteiger partial charge in [0.2, 0.25) is 5.91 Å². The van der Waals surface area contributed by atoms with Gasteiger partial charge in [-0.05, 0) is 19.1 Å². The maximum Gasteiger partial charge on any atom is 0.260 e. The summed E-state index contributed by atoms with van der Waals surface area (Å²) in [6, 6.07) is 7.05. The van der Waals surface area contributed by atoms with E-state index in [0.717, 1.165) is 0 Å². The van der Waals surface area contributed by atoms with Gasteiger partial charge < -0.3 is 19.7 Å². The average molecular weight is 292 g/mol. The highest BCUT2D eigenvalue weighted by atomic mass is 16.5. The Morgan fingerprint density at radius 1 is 1.43 bits per heavy atom. The number of hydrogen-bond donors (Lipinski definition) is 1. The van der Waals surface area contributed by atoms with Gasteiger partial charge in [-0.15, -0.1) is 0 Å². The second kappa shape index (κ2) is 7.08. The van der Waals surface area contributed by atoms with Crippen molar-refractivity contribution in [1.82, 2.24) is 4.90 Å². The fourth-order valence-corrected chi connectivity index (χ4v) is 2.16. The van der Waals surface area contributed by atoms with Crippen molar-refractivity contribution in [3.63, 3.8) is 0 Å². The molecule has 1 aromatic rings. The van der Waals surface area contributed by atoms with Gasteiger partial charge in [0.25, 0.3) is 5.91 Å². The molecular formula is C15H20N2O4. The number of anilines is 1. The van der Waals surface area contributed by atoms with Gasteiger partial charge >= 0.3 is 0 Å². The molecule has 1 atom stereocenters. The van der Waals surface area contributed by atoms with E-state index in [9.17, 15) is 9.59 Å². The number of para-hydroxylation sites is 2. The van der Waals surface area contributed by atoms with E-state index >= 15 is 0 Å². The third-order valence-corrected chi connectivity index (χ3v) is 3.14. The van der Waals surface area contributed by atoms with Crippen LogP contribution < -0.4 is 10.1 Å². The van der Waals surface area contributed by atoms with Crippen LogP contribution in [0.15, 0.2) is 24.3 Å². The SMILES string of the molecule is CC(=O)Nc1ccccc1OCC(=O)N1CCO[C@H](C)C1. The van der Waals surface area contributed by atoms with E-state index in [-0.39, 0.29) is 24.5 Å². The summed E-state index contributed by atoms with van der Waals surface area (Å²) in [6.45, 7) is 5.03. The van der Waals surface area contributed by atoms with Gasteiger partial charge in [-0.1, -0.05) is 12.1 Å². The van der Waals surface area contributed by atoms with Crippen LogP contribution >= 0.6 is 0 Å². The summed E-state index contributed by atoms with van der Waals surface area (Å²) in [7, 11) is 0. The van der Waals surface area contributed by atoms with Crippen LogP contribution in [0, 0.1) is 0 Å². The fraction of sp³-hybridized carbons (Fsp3) is 0.467. The van der Waals surface area contributed by atoms with Crippen molar-refractivity contribution >= 4 is 17.5 Å². The lowest BCUT2D eigenvalue weighted by molar-refractivity contribution is -0.140. The standard InChI is InChI=1S/C15H20N2O4/c1-11-9-17(7-8-20-11)15(19)10-21-14-6-4-3-5-13(14)16-12(2)18/h3-6,11H,7-10H2,1-2H3,(H,16,18)/t11-/m1/s1. The first-order valence-corrected chi connectivity index (χ1v) is 6.95. The fourth-order valence-electron chi connectivity index (χ4n) is 2.16. The summed E-state index contributed by atoms with van der Waals surface area (Å²) in [4.78, 5) is 25.0. The molecule has 1 saturated heterocycles. The maximum absolute atomic E-state index is 12.1. The van der Waals surface area contributed by atoms with Crippen LogP contribution in [0.3, 0.4) is 0 Å². The van der Waals surface area contributed by atoms with Crippen molar-refractivity contribution in [3.05, 3.63) is 24.3 Å². The van der Waals surface area contributed by atoms with Crippen molar-refractivity contribution in [2.24, 2.45) is 0 Å². The van der Waals surface area contributed by atoms with E-state index in [1.807, 2.05) is 6.92 Å². The van der Waals surface area contributed by atoms with Crippen LogP contribution in [-0.2, 0) is 14.3 Å². The molecule has 21 heavy (non-hydrogen) atoms. The summed E-state index contributed by atoms with van der Waals surface area (Å²) in [5, 5.41) is 2.67. The van der Waals surface area contributed by atoms with E-state index < -0.39 is 0 Å². The third kappa shape index (κ3) is 4.46. The molecular weight excluding hydrogens is 272 g/mol. The number of amides is 2. The van der Waals surface area contributed by atoms with Gasteiger partial charge in [0.15, 0.2) is 6.61 Å². The number of hydrogen-bond acceptors (Lipinski definition) is 4. The Bertz CT molecular complexity index is 518. The maximum atomic E-state index is 12.1. The zero-order valence-corrected chi connectivity index (χ0v) is 12.3. The molecule has 2 rings (SSSR count). The van der Waals surface area contributed by atoms with Crippen molar-refractivity contribution < 1.29 is 19.1 Å². The molecule has 0 unspecified atom stereocenters. The molecule has 1 N–H and O–H groups in total. The molecule has 114 valence electrons. The number of nitrogens with one attached hydrogen (secondary N) is 1. The molecule has 1 aliphatic heterocycles. The Kier molecular flexibility index (Phi) is 5.16. The Labute approximate surface area is 124 Å². The minimum Gasteiger partial charge on any atom is -0.482 e. The Morgan fingerprint density at radius 3 is 2.90 bits per heavy atom. The van der Waals surface area contributed by atoms with E-state index in [0.29, 0.717) is 31.1 Å². The molecule has 1 fully saturated rings. The summed E-state index contributed by atoms with van der Waals surface area (Å²) < 4.78 is 10.9. The van der Waals surface area contributed by atoms with Gasteiger partial charge in [-0.2, -0.15) is 0 Å². The molecule has 6 heteroatoms. The molecule has 0 bridgehead atoms. The lowest BCUT2D eigenvalue weighted by Gasteiger charge is -2.31. The summed E-state index contributed by atoms with van der Waals surface area (Å²) in [5.74, 6) is 0.226. The van der Waals surface area contributed by atoms with E-state index in [4.69, 9.17) is 9.47 Å². The number of nitrogens with zero attached hydrogens (tertiary/aromatic N) is 1. The number of benzene rings is 1. The second-order valence-electron chi connectivity index (χ2n) is 4.99. The minimum atomic E-state index is -0.181.